The summed E-state index contributed by atoms with van der Waals surface area (Å²) in [4.78, 5) is -0.304. The molecule has 120 valence electrons. The van der Waals surface area contributed by atoms with Crippen LogP contribution >= 0.6 is 45.2 Å². The number of halogens is 2. The summed E-state index contributed by atoms with van der Waals surface area (Å²) in [7, 11) is -8.58. The molecule has 0 aliphatic heterocycles. The molecule has 0 atom stereocenters. The first kappa shape index (κ1) is 23.3. The maximum atomic E-state index is 10.5. The van der Waals surface area contributed by atoms with Gasteiger partial charge in [0.1, 0.15) is 20.2 Å². The number of hydrogen-bond acceptors (Lipinski definition) is 6. The van der Waals surface area contributed by atoms with Crippen molar-refractivity contribution in [1.82, 2.24) is 0 Å². The van der Waals surface area contributed by atoms with Crippen molar-refractivity contribution in [3.05, 3.63) is 55.7 Å². The van der Waals surface area contributed by atoms with E-state index in [1.807, 2.05) is 0 Å². The van der Waals surface area contributed by atoms with Crippen LogP contribution in [0.4, 0.5) is 0 Å². The smallest absolute Gasteiger partial charge is 0.744 e. The Balaban J connectivity index is 0.000000403. The summed E-state index contributed by atoms with van der Waals surface area (Å²) < 4.78 is 63.9. The van der Waals surface area contributed by atoms with Gasteiger partial charge in [0.15, 0.2) is 0 Å². The van der Waals surface area contributed by atoms with Crippen molar-refractivity contribution in [1.29, 1.82) is 0 Å². The summed E-state index contributed by atoms with van der Waals surface area (Å²) in [5, 5.41) is 0. The van der Waals surface area contributed by atoms with E-state index >= 15 is 0 Å². The average molecular weight is 632 g/mol. The van der Waals surface area contributed by atoms with Crippen LogP contribution in [0.25, 0.3) is 0 Å². The quantitative estimate of drug-likeness (QED) is 0.286. The summed E-state index contributed by atoms with van der Waals surface area (Å²) in [6.07, 6.45) is 0. The Bertz CT molecular complexity index is 795. The van der Waals surface area contributed by atoms with E-state index in [-0.39, 0.29) is 29.3 Å². The molecule has 0 aliphatic rings. The number of rotatable bonds is 2. The Morgan fingerprint density at radius 3 is 1.09 bits per heavy atom. The Kier molecular flexibility index (Phi) is 9.88. The first-order valence-electron chi connectivity index (χ1n) is 5.44. The molecule has 0 bridgehead atoms. The van der Waals surface area contributed by atoms with Gasteiger partial charge in [0.25, 0.3) is 0 Å². The van der Waals surface area contributed by atoms with Crippen LogP contribution in [0.15, 0.2) is 58.3 Å². The molecule has 0 heterocycles. The molecule has 11 heteroatoms. The SMILES string of the molecule is O=S(=O)([O-])c1ccccc1I.O=S(=O)([O-])c1ccccc1I.[Zn+2]. The predicted molar refractivity (Wildman–Crippen MR) is 94.2 cm³/mol. The number of benzene rings is 2. The molecule has 0 aromatic heterocycles. The van der Waals surface area contributed by atoms with Crippen molar-refractivity contribution in [2.45, 2.75) is 9.79 Å². The van der Waals surface area contributed by atoms with E-state index < -0.39 is 20.2 Å². The maximum Gasteiger partial charge on any atom is 2.00 e. The van der Waals surface area contributed by atoms with E-state index in [0.29, 0.717) is 7.14 Å². The van der Waals surface area contributed by atoms with Gasteiger partial charge in [0, 0.05) is 7.14 Å². The van der Waals surface area contributed by atoms with E-state index in [2.05, 4.69) is 0 Å². The summed E-state index contributed by atoms with van der Waals surface area (Å²) in [6, 6.07) is 12.1. The molecule has 0 saturated heterocycles. The fourth-order valence-electron chi connectivity index (χ4n) is 1.29. The minimum absolute atomic E-state index is 0. The minimum Gasteiger partial charge on any atom is -0.744 e. The molecule has 6 nitrogen and oxygen atoms in total. The molecule has 2 rings (SSSR count). The summed E-state index contributed by atoms with van der Waals surface area (Å²) >= 11 is 3.61. The fourth-order valence-corrected chi connectivity index (χ4v) is 4.79. The third kappa shape index (κ3) is 7.84. The molecule has 0 aliphatic carbocycles. The molecule has 2 aromatic carbocycles. The Morgan fingerprint density at radius 1 is 0.652 bits per heavy atom. The van der Waals surface area contributed by atoms with Crippen molar-refractivity contribution < 1.29 is 45.4 Å². The second-order valence-corrected chi connectivity index (χ2v) is 8.79. The molecule has 0 unspecified atom stereocenters. The Labute approximate surface area is 174 Å². The van der Waals surface area contributed by atoms with Crippen LogP contribution in [-0.4, -0.2) is 25.9 Å². The fraction of sp³-hybridized carbons (Fsp3) is 0. The molecule has 0 amide bonds. The molecular formula is C12H8I2O6S2Zn. The van der Waals surface area contributed by atoms with Gasteiger partial charge in [-0.15, -0.1) is 0 Å². The molecule has 23 heavy (non-hydrogen) atoms. The minimum atomic E-state index is -4.29. The largest absolute Gasteiger partial charge is 2.00 e. The predicted octanol–water partition coefficient (Wildman–Crippen LogP) is 2.39. The van der Waals surface area contributed by atoms with Crippen molar-refractivity contribution in [2.24, 2.45) is 0 Å². The molecule has 0 saturated carbocycles. The standard InChI is InChI=1S/2C6H5IO3S.Zn/c2*7-5-3-1-2-4-6(5)11(8,9)10;/h2*1-4H,(H,8,9,10);/q;;+2/p-2. The zero-order chi connectivity index (χ0) is 17.0. The second-order valence-electron chi connectivity index (χ2n) is 3.77. The van der Waals surface area contributed by atoms with Crippen LogP contribution < -0.4 is 0 Å². The third-order valence-corrected chi connectivity index (χ3v) is 6.61. The van der Waals surface area contributed by atoms with Crippen LogP contribution in [0, 0.1) is 7.14 Å². The third-order valence-electron chi connectivity index (χ3n) is 2.21. The van der Waals surface area contributed by atoms with Crippen LogP contribution in [0.2, 0.25) is 0 Å². The summed E-state index contributed by atoms with van der Waals surface area (Å²) in [6.45, 7) is 0. The Morgan fingerprint density at radius 2 is 0.913 bits per heavy atom. The molecule has 2 aromatic rings. The van der Waals surface area contributed by atoms with Crippen LogP contribution in [0.5, 0.6) is 0 Å². The summed E-state index contributed by atoms with van der Waals surface area (Å²) in [5.74, 6) is 0. The van der Waals surface area contributed by atoms with E-state index in [1.54, 1.807) is 69.4 Å². The first-order valence-corrected chi connectivity index (χ1v) is 10.4. The van der Waals surface area contributed by atoms with Gasteiger partial charge in [-0.3, -0.25) is 0 Å². The molecule has 0 N–H and O–H groups in total. The normalized spacial score (nSPS) is 11.0. The zero-order valence-corrected chi connectivity index (χ0v) is 20.3. The first-order chi connectivity index (χ1) is 10.0. The Hall–Kier alpha value is 0.343. The molecule has 0 radical (unpaired) electrons. The van der Waals surface area contributed by atoms with Gasteiger partial charge in [-0.1, -0.05) is 24.3 Å². The van der Waals surface area contributed by atoms with Crippen molar-refractivity contribution >= 4 is 65.4 Å². The molecular weight excluding hydrogens is 623 g/mol. The van der Waals surface area contributed by atoms with E-state index in [0.717, 1.165) is 0 Å². The van der Waals surface area contributed by atoms with Gasteiger partial charge in [0.05, 0.1) is 9.79 Å². The molecule has 0 spiro atoms. The van der Waals surface area contributed by atoms with Gasteiger partial charge >= 0.3 is 19.5 Å². The van der Waals surface area contributed by atoms with Crippen molar-refractivity contribution in [3.63, 3.8) is 0 Å². The van der Waals surface area contributed by atoms with Gasteiger partial charge in [-0.2, -0.15) is 0 Å². The van der Waals surface area contributed by atoms with Crippen LogP contribution in [0.1, 0.15) is 0 Å². The second kappa shape index (κ2) is 9.73. The van der Waals surface area contributed by atoms with Gasteiger partial charge < -0.3 is 9.11 Å². The van der Waals surface area contributed by atoms with Crippen molar-refractivity contribution in [3.8, 4) is 0 Å². The monoisotopic (exact) mass is 630 g/mol. The van der Waals surface area contributed by atoms with Gasteiger partial charge in [-0.05, 0) is 69.4 Å². The van der Waals surface area contributed by atoms with Crippen molar-refractivity contribution in [2.75, 3.05) is 0 Å². The zero-order valence-electron chi connectivity index (χ0n) is 11.3. The van der Waals surface area contributed by atoms with Crippen LogP contribution in [-0.2, 0) is 39.7 Å². The van der Waals surface area contributed by atoms with E-state index in [1.165, 1.54) is 24.3 Å². The van der Waals surface area contributed by atoms with Gasteiger partial charge in [0.2, 0.25) is 0 Å². The van der Waals surface area contributed by atoms with Crippen LogP contribution in [0.3, 0.4) is 0 Å². The number of hydrogen-bond donors (Lipinski definition) is 0. The topological polar surface area (TPSA) is 114 Å². The molecule has 0 fully saturated rings. The van der Waals surface area contributed by atoms with Gasteiger partial charge in [-0.25, -0.2) is 16.8 Å². The average Bonchev–Trinajstić information content (AvgIpc) is 2.37. The summed E-state index contributed by atoms with van der Waals surface area (Å²) in [5.41, 5.74) is 0. The van der Waals surface area contributed by atoms with E-state index in [9.17, 15) is 25.9 Å². The maximum absolute atomic E-state index is 10.5. The van der Waals surface area contributed by atoms with E-state index in [4.69, 9.17) is 0 Å².